The van der Waals surface area contributed by atoms with E-state index in [1.165, 1.54) is 11.1 Å². The first-order valence-electron chi connectivity index (χ1n) is 6.37. The fraction of sp³-hybridized carbons (Fsp3) is 0.600. The van der Waals surface area contributed by atoms with Gasteiger partial charge in [-0.1, -0.05) is 38.1 Å². The van der Waals surface area contributed by atoms with Crippen molar-refractivity contribution in [3.8, 4) is 0 Å². The van der Waals surface area contributed by atoms with Crippen LogP contribution in [-0.4, -0.2) is 19.8 Å². The molecular formula is C15H23NO. The standard InChI is InChI=1S/C15H23NO/c1-12-6-4-5-7-13(12)15(10-17-11-15)14(2,3)8-9-16/h4-7H,8-11,16H2,1-3H3. The molecule has 1 heterocycles. The molecule has 1 fully saturated rings. The smallest absolute Gasteiger partial charge is 0.0590 e. The summed E-state index contributed by atoms with van der Waals surface area (Å²) in [5, 5.41) is 0. The van der Waals surface area contributed by atoms with Gasteiger partial charge in [-0.3, -0.25) is 0 Å². The number of hydrogen-bond donors (Lipinski definition) is 1. The number of hydrogen-bond acceptors (Lipinski definition) is 2. The molecule has 0 aliphatic carbocycles. The Morgan fingerprint density at radius 1 is 1.29 bits per heavy atom. The normalized spacial score (nSPS) is 18.8. The van der Waals surface area contributed by atoms with E-state index in [4.69, 9.17) is 10.5 Å². The van der Waals surface area contributed by atoms with E-state index >= 15 is 0 Å². The number of rotatable bonds is 4. The Kier molecular flexibility index (Phi) is 3.28. The summed E-state index contributed by atoms with van der Waals surface area (Å²) in [6.07, 6.45) is 1.03. The van der Waals surface area contributed by atoms with Crippen molar-refractivity contribution in [1.29, 1.82) is 0 Å². The maximum Gasteiger partial charge on any atom is 0.0590 e. The monoisotopic (exact) mass is 233 g/mol. The van der Waals surface area contributed by atoms with E-state index in [1.807, 2.05) is 0 Å². The molecular weight excluding hydrogens is 210 g/mol. The number of nitrogens with two attached hydrogens (primary N) is 1. The molecule has 1 aromatic rings. The average Bonchev–Trinajstić information content (AvgIpc) is 2.18. The van der Waals surface area contributed by atoms with E-state index < -0.39 is 0 Å². The van der Waals surface area contributed by atoms with E-state index in [9.17, 15) is 0 Å². The van der Waals surface area contributed by atoms with Gasteiger partial charge in [-0.25, -0.2) is 0 Å². The summed E-state index contributed by atoms with van der Waals surface area (Å²) < 4.78 is 5.54. The maximum absolute atomic E-state index is 5.77. The average molecular weight is 233 g/mol. The summed E-state index contributed by atoms with van der Waals surface area (Å²) in [4.78, 5) is 0. The highest BCUT2D eigenvalue weighted by molar-refractivity contribution is 5.37. The second-order valence-electron chi connectivity index (χ2n) is 5.81. The van der Waals surface area contributed by atoms with Crippen molar-refractivity contribution < 1.29 is 4.74 Å². The van der Waals surface area contributed by atoms with Crippen LogP contribution >= 0.6 is 0 Å². The van der Waals surface area contributed by atoms with E-state index in [1.54, 1.807) is 0 Å². The lowest BCUT2D eigenvalue weighted by Crippen LogP contribution is -2.57. The van der Waals surface area contributed by atoms with Crippen LogP contribution in [-0.2, 0) is 10.2 Å². The van der Waals surface area contributed by atoms with Gasteiger partial charge in [0.2, 0.25) is 0 Å². The van der Waals surface area contributed by atoms with Crippen LogP contribution in [0.15, 0.2) is 24.3 Å². The summed E-state index contributed by atoms with van der Waals surface area (Å²) in [5.74, 6) is 0. The maximum atomic E-state index is 5.77. The van der Waals surface area contributed by atoms with Gasteiger partial charge in [0, 0.05) is 5.41 Å². The first-order chi connectivity index (χ1) is 8.03. The topological polar surface area (TPSA) is 35.2 Å². The second-order valence-corrected chi connectivity index (χ2v) is 5.81. The predicted molar refractivity (Wildman–Crippen MR) is 71.1 cm³/mol. The Morgan fingerprint density at radius 2 is 1.94 bits per heavy atom. The van der Waals surface area contributed by atoms with Crippen LogP contribution in [0.25, 0.3) is 0 Å². The van der Waals surface area contributed by atoms with Gasteiger partial charge >= 0.3 is 0 Å². The highest BCUT2D eigenvalue weighted by Gasteiger charge is 2.51. The molecule has 2 heteroatoms. The zero-order valence-corrected chi connectivity index (χ0v) is 11.1. The number of aryl methyl sites for hydroxylation is 1. The first kappa shape index (κ1) is 12.6. The summed E-state index contributed by atoms with van der Waals surface area (Å²) in [6, 6.07) is 8.66. The summed E-state index contributed by atoms with van der Waals surface area (Å²) in [6.45, 7) is 9.20. The number of ether oxygens (including phenoxy) is 1. The van der Waals surface area contributed by atoms with Crippen molar-refractivity contribution in [2.24, 2.45) is 11.1 Å². The molecule has 2 N–H and O–H groups in total. The molecule has 17 heavy (non-hydrogen) atoms. The summed E-state index contributed by atoms with van der Waals surface area (Å²) in [5.41, 5.74) is 8.90. The Labute approximate surface area is 104 Å². The molecule has 2 rings (SSSR count). The minimum Gasteiger partial charge on any atom is -0.379 e. The largest absolute Gasteiger partial charge is 0.379 e. The van der Waals surface area contributed by atoms with Gasteiger partial charge in [-0.05, 0) is 36.4 Å². The molecule has 0 amide bonds. The van der Waals surface area contributed by atoms with Crippen LogP contribution in [0, 0.1) is 12.3 Å². The lowest BCUT2D eigenvalue weighted by atomic mass is 9.58. The summed E-state index contributed by atoms with van der Waals surface area (Å²) in [7, 11) is 0. The summed E-state index contributed by atoms with van der Waals surface area (Å²) >= 11 is 0. The van der Waals surface area contributed by atoms with Crippen LogP contribution < -0.4 is 5.73 Å². The third kappa shape index (κ3) is 1.90. The third-order valence-corrected chi connectivity index (χ3v) is 4.42. The van der Waals surface area contributed by atoms with Gasteiger partial charge in [0.05, 0.1) is 13.2 Å². The molecule has 2 nitrogen and oxygen atoms in total. The lowest BCUT2D eigenvalue weighted by molar-refractivity contribution is -0.121. The highest BCUT2D eigenvalue weighted by atomic mass is 16.5. The van der Waals surface area contributed by atoms with Crippen LogP contribution in [0.4, 0.5) is 0 Å². The molecule has 1 aliphatic heterocycles. The molecule has 94 valence electrons. The van der Waals surface area contributed by atoms with Crippen LogP contribution in [0.1, 0.15) is 31.4 Å². The van der Waals surface area contributed by atoms with Crippen molar-refractivity contribution >= 4 is 0 Å². The molecule has 0 saturated carbocycles. The van der Waals surface area contributed by atoms with Gasteiger partial charge < -0.3 is 10.5 Å². The van der Waals surface area contributed by atoms with Crippen molar-refractivity contribution in [3.63, 3.8) is 0 Å². The van der Waals surface area contributed by atoms with Crippen molar-refractivity contribution in [1.82, 2.24) is 0 Å². The Bertz CT molecular complexity index is 394. The molecule has 1 saturated heterocycles. The minimum absolute atomic E-state index is 0.151. The highest BCUT2D eigenvalue weighted by Crippen LogP contribution is 2.49. The van der Waals surface area contributed by atoms with Gasteiger partial charge in [-0.2, -0.15) is 0 Å². The van der Waals surface area contributed by atoms with Gasteiger partial charge in [0.15, 0.2) is 0 Å². The molecule has 0 spiro atoms. The SMILES string of the molecule is Cc1ccccc1C1(C(C)(C)CCN)COC1. The van der Waals surface area contributed by atoms with E-state index in [0.29, 0.717) is 0 Å². The molecule has 0 bridgehead atoms. The van der Waals surface area contributed by atoms with Gasteiger partial charge in [0.1, 0.15) is 0 Å². The zero-order valence-electron chi connectivity index (χ0n) is 11.1. The fourth-order valence-electron chi connectivity index (χ4n) is 2.93. The van der Waals surface area contributed by atoms with Crippen LogP contribution in [0.5, 0.6) is 0 Å². The zero-order chi connectivity index (χ0) is 12.5. The Hall–Kier alpha value is -0.860. The van der Waals surface area contributed by atoms with E-state index in [2.05, 4.69) is 45.0 Å². The molecule has 1 aromatic carbocycles. The van der Waals surface area contributed by atoms with Crippen molar-refractivity contribution in [2.75, 3.05) is 19.8 Å². The van der Waals surface area contributed by atoms with Crippen molar-refractivity contribution in [3.05, 3.63) is 35.4 Å². The molecule has 0 aromatic heterocycles. The van der Waals surface area contributed by atoms with E-state index in [0.717, 1.165) is 26.2 Å². The fourth-order valence-corrected chi connectivity index (χ4v) is 2.93. The van der Waals surface area contributed by atoms with Gasteiger partial charge in [0.25, 0.3) is 0 Å². The molecule has 0 radical (unpaired) electrons. The lowest BCUT2D eigenvalue weighted by Gasteiger charge is -2.53. The predicted octanol–water partition coefficient (Wildman–Crippen LogP) is 2.64. The minimum atomic E-state index is 0.151. The van der Waals surface area contributed by atoms with E-state index in [-0.39, 0.29) is 10.8 Å². The molecule has 0 atom stereocenters. The third-order valence-electron chi connectivity index (χ3n) is 4.42. The molecule has 0 unspecified atom stereocenters. The van der Waals surface area contributed by atoms with Crippen LogP contribution in [0.3, 0.4) is 0 Å². The van der Waals surface area contributed by atoms with Crippen LogP contribution in [0.2, 0.25) is 0 Å². The Balaban J connectivity index is 2.42. The van der Waals surface area contributed by atoms with Crippen molar-refractivity contribution in [2.45, 2.75) is 32.6 Å². The molecule has 1 aliphatic rings. The van der Waals surface area contributed by atoms with Gasteiger partial charge in [-0.15, -0.1) is 0 Å². The second kappa shape index (κ2) is 4.43. The Morgan fingerprint density at radius 3 is 2.41 bits per heavy atom. The number of benzene rings is 1. The first-order valence-corrected chi connectivity index (χ1v) is 6.37. The quantitative estimate of drug-likeness (QED) is 0.867.